The number of ether oxygens (including phenoxy) is 1. The molecule has 1 saturated carbocycles. The third-order valence-electron chi connectivity index (χ3n) is 7.13. The molecule has 8 heteroatoms. The molecule has 2 aliphatic rings. The first-order chi connectivity index (χ1) is 17.3. The summed E-state index contributed by atoms with van der Waals surface area (Å²) in [7, 11) is 0. The molecule has 2 N–H and O–H groups in total. The van der Waals surface area contributed by atoms with Crippen molar-refractivity contribution in [2.75, 3.05) is 57.8 Å². The SMILES string of the molecule is N#C/N=C(\NCCCCCCCN(CCCN1CCOCC1)C1CCCCC1)Nc1ccncc1. The number of guanidine groups is 1. The van der Waals surface area contributed by atoms with E-state index in [1.165, 1.54) is 83.8 Å². The summed E-state index contributed by atoms with van der Waals surface area (Å²) in [6.45, 7) is 8.52. The van der Waals surface area contributed by atoms with Crippen LogP contribution in [0.15, 0.2) is 29.5 Å². The van der Waals surface area contributed by atoms with E-state index in [9.17, 15) is 0 Å². The number of nitrogens with one attached hydrogen (secondary N) is 2. The number of morpholine rings is 1. The molecule has 0 atom stereocenters. The Hall–Kier alpha value is -2.21. The van der Waals surface area contributed by atoms with Gasteiger partial charge in [0.1, 0.15) is 0 Å². The Morgan fingerprint density at radius 2 is 1.74 bits per heavy atom. The summed E-state index contributed by atoms with van der Waals surface area (Å²) in [5.74, 6) is 0.499. The lowest BCUT2D eigenvalue weighted by Crippen LogP contribution is -2.41. The molecule has 0 spiro atoms. The van der Waals surface area contributed by atoms with Crippen molar-refractivity contribution in [1.29, 1.82) is 5.26 Å². The summed E-state index contributed by atoms with van der Waals surface area (Å²) < 4.78 is 5.49. The van der Waals surface area contributed by atoms with Crippen LogP contribution in [0.4, 0.5) is 5.69 Å². The zero-order valence-corrected chi connectivity index (χ0v) is 21.5. The maximum absolute atomic E-state index is 8.93. The fourth-order valence-corrected chi connectivity index (χ4v) is 5.16. The fourth-order valence-electron chi connectivity index (χ4n) is 5.16. The maximum atomic E-state index is 8.93. The summed E-state index contributed by atoms with van der Waals surface area (Å²) >= 11 is 0. The molecule has 1 aromatic rings. The average molecular weight is 484 g/mol. The third kappa shape index (κ3) is 11.4. The summed E-state index contributed by atoms with van der Waals surface area (Å²) in [6.07, 6.45) is 19.7. The Morgan fingerprint density at radius 1 is 1.03 bits per heavy atom. The molecule has 194 valence electrons. The number of nitrogens with zero attached hydrogens (tertiary/aromatic N) is 5. The zero-order valence-electron chi connectivity index (χ0n) is 21.5. The molecular weight excluding hydrogens is 438 g/mol. The quantitative estimate of drug-likeness (QED) is 0.177. The molecule has 2 fully saturated rings. The molecule has 0 aromatic carbocycles. The van der Waals surface area contributed by atoms with E-state index in [4.69, 9.17) is 10.00 Å². The summed E-state index contributed by atoms with van der Waals surface area (Å²) in [5.41, 5.74) is 0.869. The first-order valence-electron chi connectivity index (χ1n) is 13.8. The molecule has 1 aromatic heterocycles. The third-order valence-corrected chi connectivity index (χ3v) is 7.13. The first kappa shape index (κ1) is 27.4. The number of pyridine rings is 1. The number of hydrogen-bond acceptors (Lipinski definition) is 6. The minimum atomic E-state index is 0.499. The lowest BCUT2D eigenvalue weighted by molar-refractivity contribution is 0.0348. The van der Waals surface area contributed by atoms with Gasteiger partial charge in [0, 0.05) is 43.8 Å². The molecular formula is C27H45N7O. The average Bonchev–Trinajstić information content (AvgIpc) is 2.91. The molecule has 0 radical (unpaired) electrons. The number of aliphatic imine (C=N–C) groups is 1. The predicted molar refractivity (Wildman–Crippen MR) is 142 cm³/mol. The molecule has 3 rings (SSSR count). The van der Waals surface area contributed by atoms with E-state index >= 15 is 0 Å². The van der Waals surface area contributed by atoms with E-state index in [1.807, 2.05) is 18.3 Å². The Kier molecular flexibility index (Phi) is 13.5. The molecule has 1 aliphatic heterocycles. The zero-order chi connectivity index (χ0) is 24.4. The van der Waals surface area contributed by atoms with E-state index in [0.29, 0.717) is 5.96 Å². The van der Waals surface area contributed by atoms with Gasteiger partial charge in [0.25, 0.3) is 0 Å². The van der Waals surface area contributed by atoms with Crippen LogP contribution < -0.4 is 10.6 Å². The van der Waals surface area contributed by atoms with Gasteiger partial charge in [0.05, 0.1) is 13.2 Å². The topological polar surface area (TPSA) is 88.8 Å². The molecule has 1 saturated heterocycles. The molecule has 2 heterocycles. The van der Waals surface area contributed by atoms with Gasteiger partial charge in [0.2, 0.25) is 12.2 Å². The number of aromatic nitrogens is 1. The molecule has 0 amide bonds. The van der Waals surface area contributed by atoms with Gasteiger partial charge in [0.15, 0.2) is 0 Å². The van der Waals surface area contributed by atoms with Crippen molar-refractivity contribution in [3.8, 4) is 6.19 Å². The predicted octanol–water partition coefficient (Wildman–Crippen LogP) is 4.23. The highest BCUT2D eigenvalue weighted by Gasteiger charge is 2.21. The van der Waals surface area contributed by atoms with E-state index < -0.39 is 0 Å². The summed E-state index contributed by atoms with van der Waals surface area (Å²) in [5, 5.41) is 15.3. The van der Waals surface area contributed by atoms with Crippen molar-refractivity contribution in [2.24, 2.45) is 4.99 Å². The van der Waals surface area contributed by atoms with Crippen LogP contribution in [0.3, 0.4) is 0 Å². The van der Waals surface area contributed by atoms with Crippen LogP contribution in [0.1, 0.15) is 70.6 Å². The molecule has 1 aliphatic carbocycles. The highest BCUT2D eigenvalue weighted by atomic mass is 16.5. The fraction of sp³-hybridized carbons (Fsp3) is 0.741. The van der Waals surface area contributed by atoms with Gasteiger partial charge in [-0.1, -0.05) is 38.5 Å². The minimum Gasteiger partial charge on any atom is -0.379 e. The van der Waals surface area contributed by atoms with Crippen LogP contribution >= 0.6 is 0 Å². The monoisotopic (exact) mass is 483 g/mol. The standard InChI is InChI=1S/C27H45N7O/c28-24-31-27(32-25-12-15-29-16-13-25)30-14-7-2-1-3-8-18-34(26-10-5-4-6-11-26)19-9-17-33-20-22-35-23-21-33/h12-13,15-16,26H,1-11,14,17-23H2,(H2,29,30,31,32). The molecule has 8 nitrogen and oxygen atoms in total. The lowest BCUT2D eigenvalue weighted by atomic mass is 9.93. The summed E-state index contributed by atoms with van der Waals surface area (Å²) in [4.78, 5) is 13.2. The van der Waals surface area contributed by atoms with Gasteiger partial charge in [-0.3, -0.25) is 9.88 Å². The Balaban J connectivity index is 1.27. The first-order valence-corrected chi connectivity index (χ1v) is 13.8. The van der Waals surface area contributed by atoms with Gasteiger partial charge in [-0.2, -0.15) is 5.26 Å². The highest BCUT2D eigenvalue weighted by Crippen LogP contribution is 2.23. The second-order valence-corrected chi connectivity index (χ2v) is 9.75. The van der Waals surface area contributed by atoms with Crippen molar-refractivity contribution in [3.05, 3.63) is 24.5 Å². The van der Waals surface area contributed by atoms with Crippen molar-refractivity contribution in [3.63, 3.8) is 0 Å². The maximum Gasteiger partial charge on any atom is 0.211 e. The second-order valence-electron chi connectivity index (χ2n) is 9.75. The Labute approximate surface area is 212 Å². The smallest absolute Gasteiger partial charge is 0.211 e. The molecule has 0 bridgehead atoms. The van der Waals surface area contributed by atoms with E-state index in [2.05, 4.69) is 30.4 Å². The summed E-state index contributed by atoms with van der Waals surface area (Å²) in [6, 6.07) is 4.52. The van der Waals surface area contributed by atoms with Gasteiger partial charge >= 0.3 is 0 Å². The Morgan fingerprint density at radius 3 is 2.51 bits per heavy atom. The van der Waals surface area contributed by atoms with Crippen molar-refractivity contribution < 1.29 is 4.74 Å². The van der Waals surface area contributed by atoms with Crippen LogP contribution in [0.5, 0.6) is 0 Å². The van der Waals surface area contributed by atoms with Crippen LogP contribution in [-0.4, -0.2) is 79.3 Å². The number of unbranched alkanes of at least 4 members (excludes halogenated alkanes) is 4. The van der Waals surface area contributed by atoms with E-state index in [-0.39, 0.29) is 0 Å². The largest absolute Gasteiger partial charge is 0.379 e. The Bertz CT molecular complexity index is 740. The normalized spacial score (nSPS) is 17.9. The molecule has 35 heavy (non-hydrogen) atoms. The van der Waals surface area contributed by atoms with Crippen molar-refractivity contribution >= 4 is 11.6 Å². The van der Waals surface area contributed by atoms with Crippen molar-refractivity contribution in [2.45, 2.75) is 76.7 Å². The van der Waals surface area contributed by atoms with Crippen molar-refractivity contribution in [1.82, 2.24) is 20.1 Å². The van der Waals surface area contributed by atoms with Gasteiger partial charge in [-0.05, 0) is 63.9 Å². The lowest BCUT2D eigenvalue weighted by Gasteiger charge is -2.35. The number of rotatable bonds is 14. The number of anilines is 1. The minimum absolute atomic E-state index is 0.499. The number of nitriles is 1. The van der Waals surface area contributed by atoms with Crippen LogP contribution in [0.2, 0.25) is 0 Å². The van der Waals surface area contributed by atoms with E-state index in [1.54, 1.807) is 12.4 Å². The molecule has 0 unspecified atom stereocenters. The van der Waals surface area contributed by atoms with E-state index in [0.717, 1.165) is 51.0 Å². The second kappa shape index (κ2) is 17.3. The van der Waals surface area contributed by atoms with Gasteiger partial charge in [-0.15, -0.1) is 4.99 Å². The highest BCUT2D eigenvalue weighted by molar-refractivity contribution is 5.94. The van der Waals surface area contributed by atoms with Crippen LogP contribution in [0, 0.1) is 11.5 Å². The van der Waals surface area contributed by atoms with Gasteiger partial charge < -0.3 is 20.3 Å². The number of hydrogen-bond donors (Lipinski definition) is 2. The van der Waals surface area contributed by atoms with Crippen LogP contribution in [0.25, 0.3) is 0 Å². The van der Waals surface area contributed by atoms with Crippen LogP contribution in [-0.2, 0) is 4.74 Å². The van der Waals surface area contributed by atoms with Gasteiger partial charge in [-0.25, -0.2) is 0 Å².